The molecule has 9 nitrogen and oxygen atoms in total. The number of nitrogens with zero attached hydrogens (tertiary/aromatic N) is 1. The second kappa shape index (κ2) is 11.3. The SMILES string of the molecule is Cc1ncsc1C(=O)O[C@]1(C(=O)OCN)CCC2[C@@H]3CCC4=CC([NH2+]c5ccc(F)cc5)=C(C=N)C[C@]4(C)C3[C@@H](O)C[C@@]21C. The minimum Gasteiger partial charge on any atom is -0.447 e. The van der Waals surface area contributed by atoms with Gasteiger partial charge in [0.25, 0.3) is 0 Å². The van der Waals surface area contributed by atoms with Crippen LogP contribution in [0.25, 0.3) is 0 Å². The smallest absolute Gasteiger partial charge is 0.352 e. The maximum absolute atomic E-state index is 13.7. The number of aliphatic hydroxyl groups excluding tert-OH is 1. The molecule has 0 spiro atoms. The van der Waals surface area contributed by atoms with Gasteiger partial charge in [-0.1, -0.05) is 19.4 Å². The van der Waals surface area contributed by atoms with Gasteiger partial charge in [0.2, 0.25) is 5.60 Å². The van der Waals surface area contributed by atoms with Gasteiger partial charge in [-0.3, -0.25) is 11.1 Å². The van der Waals surface area contributed by atoms with Crippen LogP contribution in [0.4, 0.5) is 10.1 Å². The number of aryl methyl sites for hydroxylation is 1. The van der Waals surface area contributed by atoms with Crippen LogP contribution in [0.1, 0.15) is 67.7 Å². The summed E-state index contributed by atoms with van der Waals surface area (Å²) in [5.41, 5.74) is 8.79. The van der Waals surface area contributed by atoms with Crippen molar-refractivity contribution in [3.8, 4) is 0 Å². The summed E-state index contributed by atoms with van der Waals surface area (Å²) in [4.78, 5) is 31.7. The molecule has 234 valence electrons. The molecule has 44 heavy (non-hydrogen) atoms. The Labute approximate surface area is 260 Å². The van der Waals surface area contributed by atoms with Gasteiger partial charge >= 0.3 is 11.9 Å². The van der Waals surface area contributed by atoms with Crippen molar-refractivity contribution in [2.24, 2.45) is 34.3 Å². The molecule has 0 bridgehead atoms. The van der Waals surface area contributed by atoms with Crippen LogP contribution in [-0.2, 0) is 14.3 Å². The lowest BCUT2D eigenvalue weighted by molar-refractivity contribution is -0.513. The molecule has 6 N–H and O–H groups in total. The third kappa shape index (κ3) is 4.67. The van der Waals surface area contributed by atoms with Gasteiger partial charge in [-0.15, -0.1) is 11.3 Å². The number of hydrogen-bond acceptors (Lipinski definition) is 9. The van der Waals surface area contributed by atoms with Crippen LogP contribution in [0, 0.1) is 46.7 Å². The number of esters is 2. The van der Waals surface area contributed by atoms with Crippen LogP contribution in [0.15, 0.2) is 52.7 Å². The number of fused-ring (bicyclic) bond motifs is 5. The maximum atomic E-state index is 13.7. The van der Waals surface area contributed by atoms with Gasteiger partial charge in [-0.2, -0.15) is 0 Å². The predicted molar refractivity (Wildman–Crippen MR) is 162 cm³/mol. The summed E-state index contributed by atoms with van der Waals surface area (Å²) in [7, 11) is 0. The van der Waals surface area contributed by atoms with Crippen LogP contribution in [0.5, 0.6) is 0 Å². The Kier molecular flexibility index (Phi) is 7.88. The zero-order valence-electron chi connectivity index (χ0n) is 25.3. The van der Waals surface area contributed by atoms with Crippen molar-refractivity contribution in [1.82, 2.24) is 4.98 Å². The number of ether oxygens (including phenoxy) is 2. The van der Waals surface area contributed by atoms with Crippen LogP contribution >= 0.6 is 11.3 Å². The van der Waals surface area contributed by atoms with Crippen molar-refractivity contribution in [3.05, 3.63) is 69.1 Å². The molecule has 0 saturated heterocycles. The number of carbonyl (C=O) groups excluding carboxylic acids is 2. The van der Waals surface area contributed by atoms with E-state index in [0.29, 0.717) is 23.4 Å². The van der Waals surface area contributed by atoms with Crippen LogP contribution in [-0.4, -0.2) is 46.7 Å². The maximum Gasteiger partial charge on any atom is 0.352 e. The number of thiazole rings is 1. The molecule has 11 heteroatoms. The first-order valence-electron chi connectivity index (χ1n) is 15.2. The highest BCUT2D eigenvalue weighted by molar-refractivity contribution is 7.11. The zero-order chi connectivity index (χ0) is 31.4. The van der Waals surface area contributed by atoms with Crippen molar-refractivity contribution in [1.29, 1.82) is 5.41 Å². The summed E-state index contributed by atoms with van der Waals surface area (Å²) >= 11 is 1.17. The fourth-order valence-electron chi connectivity index (χ4n) is 9.15. The average Bonchev–Trinajstić information content (AvgIpc) is 3.54. The molecule has 3 saturated carbocycles. The van der Waals surface area contributed by atoms with Crippen molar-refractivity contribution in [2.45, 2.75) is 71.0 Å². The number of allylic oxidation sites excluding steroid dienone is 3. The number of nitrogens with two attached hydrogens (primary N) is 2. The fourth-order valence-corrected chi connectivity index (χ4v) is 9.83. The molecular formula is C33H40FN4O5S+. The van der Waals surface area contributed by atoms with Crippen molar-refractivity contribution < 1.29 is 33.9 Å². The molecule has 2 unspecified atom stereocenters. The summed E-state index contributed by atoms with van der Waals surface area (Å²) in [5, 5.41) is 22.3. The van der Waals surface area contributed by atoms with E-state index in [2.05, 4.69) is 18.0 Å². The molecule has 4 aliphatic carbocycles. The van der Waals surface area contributed by atoms with Crippen molar-refractivity contribution in [2.75, 3.05) is 6.73 Å². The minimum absolute atomic E-state index is 0.00505. The second-order valence-electron chi connectivity index (χ2n) is 13.2. The standard InChI is InChI=1S/C33H39FN4O5S/c1-18-28(44-17-37-18)29(40)43-33(30(41)42-16-36)11-10-24-23-9-4-20-12-25(38-22-7-5-21(34)6-8-22)19(15-35)13-31(20,2)27(23)26(39)14-32(24,33)3/h5-8,12,15,17,23-24,26-27,35,38-39H,4,9-11,13-14,16,36H2,1-3H3/p+1/t23-,24?,26-,27?,31-,32-,33-/m0/s1. The molecule has 1 aromatic heterocycles. The highest BCUT2D eigenvalue weighted by atomic mass is 32.1. The van der Waals surface area contributed by atoms with Crippen molar-refractivity contribution >= 4 is 35.2 Å². The third-order valence-electron chi connectivity index (χ3n) is 11.2. The highest BCUT2D eigenvalue weighted by Crippen LogP contribution is 2.68. The number of carbonyl (C=O) groups is 2. The van der Waals surface area contributed by atoms with Gasteiger partial charge in [0.15, 0.2) is 0 Å². The molecule has 4 aliphatic rings. The molecule has 1 heterocycles. The Hall–Kier alpha value is -3.25. The number of aromatic nitrogens is 1. The zero-order valence-corrected chi connectivity index (χ0v) is 26.1. The summed E-state index contributed by atoms with van der Waals surface area (Å²) in [6.07, 6.45) is 6.17. The van der Waals surface area contributed by atoms with E-state index in [-0.39, 0.29) is 43.1 Å². The first kappa shape index (κ1) is 30.8. The van der Waals surface area contributed by atoms with Gasteiger partial charge in [-0.25, -0.2) is 19.0 Å². The lowest BCUT2D eigenvalue weighted by Crippen LogP contribution is -2.76. The molecule has 3 fully saturated rings. The van der Waals surface area contributed by atoms with Gasteiger partial charge in [0, 0.05) is 29.3 Å². The summed E-state index contributed by atoms with van der Waals surface area (Å²) < 4.78 is 25.1. The van der Waals surface area contributed by atoms with E-state index in [1.54, 1.807) is 24.6 Å². The van der Waals surface area contributed by atoms with E-state index >= 15 is 0 Å². The number of rotatable bonds is 7. The van der Waals surface area contributed by atoms with E-state index < -0.39 is 34.5 Å². The van der Waals surface area contributed by atoms with E-state index in [9.17, 15) is 19.1 Å². The first-order chi connectivity index (χ1) is 21.0. The van der Waals surface area contributed by atoms with Crippen LogP contribution in [0.2, 0.25) is 0 Å². The van der Waals surface area contributed by atoms with Gasteiger partial charge < -0.3 is 20.0 Å². The lowest BCUT2D eigenvalue weighted by Gasteiger charge is -2.60. The third-order valence-corrected chi connectivity index (χ3v) is 12.1. The lowest BCUT2D eigenvalue weighted by atomic mass is 9.45. The van der Waals surface area contributed by atoms with Gasteiger partial charge in [0.05, 0.1) is 17.3 Å². The molecule has 1 aromatic carbocycles. The Morgan fingerprint density at radius 1 is 1.27 bits per heavy atom. The highest BCUT2D eigenvalue weighted by Gasteiger charge is 2.71. The molecule has 7 atom stereocenters. The first-order valence-corrected chi connectivity index (χ1v) is 16.1. The Bertz CT molecular complexity index is 1560. The quantitative estimate of drug-likeness (QED) is 0.155. The van der Waals surface area contributed by atoms with Gasteiger partial charge in [-0.05, 0) is 86.8 Å². The van der Waals surface area contributed by atoms with E-state index in [0.717, 1.165) is 29.8 Å². The predicted octanol–water partition coefficient (Wildman–Crippen LogP) is 4.29. The Morgan fingerprint density at radius 2 is 2.02 bits per heavy atom. The van der Waals surface area contributed by atoms with Gasteiger partial charge in [0.1, 0.15) is 28.8 Å². The molecule has 2 aromatic rings. The number of halogens is 1. The number of hydrogen-bond donors (Lipinski definition) is 4. The Balaban J connectivity index is 1.33. The summed E-state index contributed by atoms with van der Waals surface area (Å²) in [5.74, 6) is -1.62. The fraction of sp³-hybridized carbons (Fsp3) is 0.515. The summed E-state index contributed by atoms with van der Waals surface area (Å²) in [6.45, 7) is 5.54. The Morgan fingerprint density at radius 3 is 2.68 bits per heavy atom. The number of quaternary nitrogens is 1. The largest absolute Gasteiger partial charge is 0.447 e. The minimum atomic E-state index is -1.59. The normalized spacial score (nSPS) is 34.4. The molecule has 0 amide bonds. The van der Waals surface area contributed by atoms with E-state index in [1.807, 2.05) is 12.2 Å². The van der Waals surface area contributed by atoms with Crippen molar-refractivity contribution in [3.63, 3.8) is 0 Å². The molecule has 6 rings (SSSR count). The van der Waals surface area contributed by atoms with E-state index in [4.69, 9.17) is 20.6 Å². The van der Waals surface area contributed by atoms with Crippen LogP contribution < -0.4 is 11.1 Å². The molecule has 0 radical (unpaired) electrons. The second-order valence-corrected chi connectivity index (χ2v) is 14.1. The summed E-state index contributed by atoms with van der Waals surface area (Å²) in [6, 6.07) is 6.31. The average molecular weight is 624 g/mol. The van der Waals surface area contributed by atoms with Crippen LogP contribution in [0.3, 0.4) is 0 Å². The number of benzene rings is 1. The topological polar surface area (TPSA) is 152 Å². The number of aliphatic hydroxyl groups is 1. The molecular weight excluding hydrogens is 583 g/mol. The molecule has 0 aliphatic heterocycles. The monoisotopic (exact) mass is 623 g/mol. The number of nitrogens with one attached hydrogen (secondary N) is 1. The van der Waals surface area contributed by atoms with E-state index in [1.165, 1.54) is 35.3 Å².